The lowest BCUT2D eigenvalue weighted by molar-refractivity contribution is -0.120. The lowest BCUT2D eigenvalue weighted by atomic mass is 10.0. The first-order valence-electron chi connectivity index (χ1n) is 9.38. The normalized spacial score (nSPS) is 11.7. The number of carbonyl (C=O) groups is 2. The summed E-state index contributed by atoms with van der Waals surface area (Å²) in [6.07, 6.45) is 1.88. The van der Waals surface area contributed by atoms with Crippen LogP contribution in [0.15, 0.2) is 54.6 Å². The Morgan fingerprint density at radius 1 is 1.00 bits per heavy atom. The van der Waals surface area contributed by atoms with Crippen LogP contribution in [0.25, 0.3) is 0 Å². The zero-order valence-electron chi connectivity index (χ0n) is 16.2. The number of amides is 2. The third-order valence-electron chi connectivity index (χ3n) is 4.01. The molecule has 0 fully saturated rings. The van der Waals surface area contributed by atoms with E-state index in [2.05, 4.69) is 17.6 Å². The molecule has 0 saturated heterocycles. The van der Waals surface area contributed by atoms with Gasteiger partial charge in [0, 0.05) is 5.56 Å². The van der Waals surface area contributed by atoms with Gasteiger partial charge in [-0.3, -0.25) is 9.59 Å². The minimum atomic E-state index is -0.284. The average Bonchev–Trinajstić information content (AvgIpc) is 2.66. The van der Waals surface area contributed by atoms with Crippen molar-refractivity contribution in [1.82, 2.24) is 10.6 Å². The van der Waals surface area contributed by atoms with Gasteiger partial charge >= 0.3 is 0 Å². The van der Waals surface area contributed by atoms with Gasteiger partial charge in [-0.15, -0.1) is 0 Å². The number of hydrogen-bond donors (Lipinski definition) is 2. The topological polar surface area (TPSA) is 67.4 Å². The van der Waals surface area contributed by atoms with Crippen molar-refractivity contribution in [2.45, 2.75) is 45.8 Å². The van der Waals surface area contributed by atoms with Crippen LogP contribution in [0.5, 0.6) is 5.75 Å². The van der Waals surface area contributed by atoms with E-state index in [1.54, 1.807) is 24.3 Å². The van der Waals surface area contributed by atoms with Crippen molar-refractivity contribution in [1.29, 1.82) is 0 Å². The Morgan fingerprint density at radius 2 is 1.67 bits per heavy atom. The van der Waals surface area contributed by atoms with Crippen LogP contribution < -0.4 is 15.4 Å². The molecule has 0 aliphatic rings. The van der Waals surface area contributed by atoms with Gasteiger partial charge in [0.2, 0.25) is 5.91 Å². The lowest BCUT2D eigenvalue weighted by Gasteiger charge is -2.19. The first kappa shape index (κ1) is 20.5. The molecule has 0 saturated carbocycles. The maximum atomic E-state index is 12.3. The van der Waals surface area contributed by atoms with Gasteiger partial charge in [-0.1, -0.05) is 43.7 Å². The smallest absolute Gasteiger partial charge is 0.251 e. The van der Waals surface area contributed by atoms with Crippen molar-refractivity contribution in [3.8, 4) is 5.75 Å². The van der Waals surface area contributed by atoms with Gasteiger partial charge in [0.25, 0.3) is 5.91 Å². The van der Waals surface area contributed by atoms with Crippen molar-refractivity contribution in [2.75, 3.05) is 6.54 Å². The highest BCUT2D eigenvalue weighted by atomic mass is 16.5. The fourth-order valence-electron chi connectivity index (χ4n) is 2.76. The van der Waals surface area contributed by atoms with Crippen LogP contribution in [0.1, 0.15) is 55.6 Å². The molecule has 2 amide bonds. The summed E-state index contributed by atoms with van der Waals surface area (Å²) in [7, 11) is 0. The van der Waals surface area contributed by atoms with E-state index >= 15 is 0 Å². The maximum absolute atomic E-state index is 12.3. The molecule has 2 N–H and O–H groups in total. The van der Waals surface area contributed by atoms with Gasteiger partial charge in [-0.05, 0) is 50.1 Å². The number of nitrogens with one attached hydrogen (secondary N) is 2. The average molecular weight is 368 g/mol. The number of rotatable bonds is 9. The minimum Gasteiger partial charge on any atom is -0.491 e. The second-order valence-corrected chi connectivity index (χ2v) is 6.69. The predicted molar refractivity (Wildman–Crippen MR) is 107 cm³/mol. The summed E-state index contributed by atoms with van der Waals surface area (Å²) in [6, 6.07) is 16.7. The standard InChI is InChI=1S/C22H28N2O3/c1-4-8-20(17-9-6-5-7-10-17)24-21(25)15-23-22(26)18-11-13-19(14-12-18)27-16(2)3/h5-7,9-14,16,20H,4,8,15H2,1-3H3,(H,23,26)(H,24,25). The molecule has 2 rings (SSSR count). The predicted octanol–water partition coefficient (Wildman–Crippen LogP) is 3.86. The van der Waals surface area contributed by atoms with Crippen LogP contribution in [-0.4, -0.2) is 24.5 Å². The Bertz CT molecular complexity index is 727. The van der Waals surface area contributed by atoms with E-state index in [9.17, 15) is 9.59 Å². The summed E-state index contributed by atoms with van der Waals surface area (Å²) in [4.78, 5) is 24.5. The van der Waals surface area contributed by atoms with Crippen LogP contribution in [0.2, 0.25) is 0 Å². The molecule has 27 heavy (non-hydrogen) atoms. The fourth-order valence-corrected chi connectivity index (χ4v) is 2.76. The Hall–Kier alpha value is -2.82. The van der Waals surface area contributed by atoms with Crippen LogP contribution in [-0.2, 0) is 4.79 Å². The molecule has 0 aromatic heterocycles. The van der Waals surface area contributed by atoms with E-state index in [4.69, 9.17) is 4.74 Å². The van der Waals surface area contributed by atoms with E-state index in [1.165, 1.54) is 0 Å². The SMILES string of the molecule is CCCC(NC(=O)CNC(=O)c1ccc(OC(C)C)cc1)c1ccccc1. The summed E-state index contributed by atoms with van der Waals surface area (Å²) in [5.41, 5.74) is 1.56. The van der Waals surface area contributed by atoms with Crippen LogP contribution in [0.3, 0.4) is 0 Å². The summed E-state index contributed by atoms with van der Waals surface area (Å²) < 4.78 is 5.56. The number of benzene rings is 2. The molecule has 1 unspecified atom stereocenters. The highest BCUT2D eigenvalue weighted by Crippen LogP contribution is 2.18. The van der Waals surface area contributed by atoms with E-state index in [1.807, 2.05) is 44.2 Å². The molecule has 144 valence electrons. The van der Waals surface area contributed by atoms with Crippen molar-refractivity contribution < 1.29 is 14.3 Å². The molecule has 0 heterocycles. The number of ether oxygens (including phenoxy) is 1. The Morgan fingerprint density at radius 3 is 2.26 bits per heavy atom. The zero-order chi connectivity index (χ0) is 19.6. The van der Waals surface area contributed by atoms with Gasteiger partial charge < -0.3 is 15.4 Å². The maximum Gasteiger partial charge on any atom is 0.251 e. The van der Waals surface area contributed by atoms with E-state index < -0.39 is 0 Å². The molecule has 0 aliphatic heterocycles. The highest BCUT2D eigenvalue weighted by Gasteiger charge is 2.14. The molecule has 2 aromatic carbocycles. The van der Waals surface area contributed by atoms with Crippen molar-refractivity contribution in [3.63, 3.8) is 0 Å². The lowest BCUT2D eigenvalue weighted by Crippen LogP contribution is -2.38. The molecule has 2 aromatic rings. The summed E-state index contributed by atoms with van der Waals surface area (Å²) in [6.45, 7) is 5.91. The van der Waals surface area contributed by atoms with Crippen molar-refractivity contribution >= 4 is 11.8 Å². The van der Waals surface area contributed by atoms with Gasteiger partial charge in [0.15, 0.2) is 0 Å². The number of carbonyl (C=O) groups excluding carboxylic acids is 2. The van der Waals surface area contributed by atoms with Crippen molar-refractivity contribution in [3.05, 3.63) is 65.7 Å². The third kappa shape index (κ3) is 6.77. The molecule has 1 atom stereocenters. The second-order valence-electron chi connectivity index (χ2n) is 6.69. The molecule has 0 aliphatic carbocycles. The first-order chi connectivity index (χ1) is 13.0. The largest absolute Gasteiger partial charge is 0.491 e. The molecule has 0 bridgehead atoms. The van der Waals surface area contributed by atoms with Crippen LogP contribution >= 0.6 is 0 Å². The van der Waals surface area contributed by atoms with E-state index in [-0.39, 0.29) is 30.5 Å². The van der Waals surface area contributed by atoms with Crippen molar-refractivity contribution in [2.24, 2.45) is 0 Å². The summed E-state index contributed by atoms with van der Waals surface area (Å²) in [5.74, 6) is 0.225. The summed E-state index contributed by atoms with van der Waals surface area (Å²) >= 11 is 0. The monoisotopic (exact) mass is 368 g/mol. The molecule has 0 spiro atoms. The van der Waals surface area contributed by atoms with Crippen LogP contribution in [0, 0.1) is 0 Å². The van der Waals surface area contributed by atoms with Gasteiger partial charge in [0.1, 0.15) is 5.75 Å². The molecular formula is C22H28N2O3. The van der Waals surface area contributed by atoms with Gasteiger partial charge in [-0.25, -0.2) is 0 Å². The Labute approximate surface area is 161 Å². The molecule has 5 nitrogen and oxygen atoms in total. The fraction of sp³-hybridized carbons (Fsp3) is 0.364. The van der Waals surface area contributed by atoms with E-state index in [0.29, 0.717) is 11.3 Å². The van der Waals surface area contributed by atoms with Gasteiger partial charge in [-0.2, -0.15) is 0 Å². The molecule has 5 heteroatoms. The van der Waals surface area contributed by atoms with E-state index in [0.717, 1.165) is 18.4 Å². The number of hydrogen-bond acceptors (Lipinski definition) is 3. The molecular weight excluding hydrogens is 340 g/mol. The zero-order valence-corrected chi connectivity index (χ0v) is 16.2. The summed E-state index contributed by atoms with van der Waals surface area (Å²) in [5, 5.41) is 5.66. The first-order valence-corrected chi connectivity index (χ1v) is 9.38. The highest BCUT2D eigenvalue weighted by molar-refractivity contribution is 5.96. The van der Waals surface area contributed by atoms with Gasteiger partial charge in [0.05, 0.1) is 18.7 Å². The third-order valence-corrected chi connectivity index (χ3v) is 4.01. The Kier molecular flexibility index (Phi) is 7.86. The quantitative estimate of drug-likeness (QED) is 0.706. The van der Waals surface area contributed by atoms with Crippen LogP contribution in [0.4, 0.5) is 0 Å². The molecule has 0 radical (unpaired) electrons. The second kappa shape index (κ2) is 10.4. The minimum absolute atomic E-state index is 0.0481. The Balaban J connectivity index is 1.87.